The van der Waals surface area contributed by atoms with Crippen molar-refractivity contribution in [3.63, 3.8) is 0 Å². The van der Waals surface area contributed by atoms with Crippen molar-refractivity contribution in [3.8, 4) is 0 Å². The van der Waals surface area contributed by atoms with Crippen molar-refractivity contribution in [1.29, 1.82) is 0 Å². The molecule has 1 aromatic carbocycles. The van der Waals surface area contributed by atoms with Crippen molar-refractivity contribution < 1.29 is 9.74 Å². The van der Waals surface area contributed by atoms with Gasteiger partial charge in [-0.1, -0.05) is 30.4 Å². The zero-order valence-electron chi connectivity index (χ0n) is 14.9. The second kappa shape index (κ2) is 9.54. The van der Waals surface area contributed by atoms with Crippen molar-refractivity contribution in [2.24, 2.45) is 4.99 Å². The van der Waals surface area contributed by atoms with Gasteiger partial charge in [0.05, 0.1) is 12.3 Å². The second-order valence-corrected chi connectivity index (χ2v) is 5.43. The molecule has 0 aliphatic carbocycles. The molecule has 132 valence electrons. The summed E-state index contributed by atoms with van der Waals surface area (Å²) in [5.41, 5.74) is 4.20. The third-order valence-electron chi connectivity index (χ3n) is 3.64. The van der Waals surface area contributed by atoms with Crippen LogP contribution in [-0.2, 0) is 0 Å². The van der Waals surface area contributed by atoms with Crippen LogP contribution in [0.4, 0.5) is 5.69 Å². The Morgan fingerprint density at radius 1 is 1.28 bits per heavy atom. The highest BCUT2D eigenvalue weighted by Gasteiger charge is 2.13. The number of rotatable bonds is 8. The lowest BCUT2D eigenvalue weighted by Gasteiger charge is -2.17. The maximum absolute atomic E-state index is 9.12. The van der Waals surface area contributed by atoms with Gasteiger partial charge in [-0.05, 0) is 41.9 Å². The minimum absolute atomic E-state index is 0.0712. The van der Waals surface area contributed by atoms with Crippen LogP contribution in [0.2, 0.25) is 0 Å². The summed E-state index contributed by atoms with van der Waals surface area (Å²) >= 11 is 0. The van der Waals surface area contributed by atoms with Crippen LogP contribution in [0.1, 0.15) is 19.4 Å². The number of hydrogen-bond acceptors (Lipinski definition) is 6. The van der Waals surface area contributed by atoms with Crippen LogP contribution in [-0.4, -0.2) is 48.4 Å². The Labute approximate surface area is 147 Å². The number of aromatic nitrogens is 2. The number of aliphatic hydroxyl groups is 1. The molecule has 2 rings (SSSR count). The van der Waals surface area contributed by atoms with Crippen LogP contribution in [0.25, 0.3) is 17.1 Å². The van der Waals surface area contributed by atoms with Crippen molar-refractivity contribution in [3.05, 3.63) is 47.6 Å². The number of hydrogen-bond donors (Lipinski definition) is 1. The van der Waals surface area contributed by atoms with E-state index in [9.17, 15) is 0 Å². The summed E-state index contributed by atoms with van der Waals surface area (Å²) in [5.74, 6) is 0. The fourth-order valence-electron chi connectivity index (χ4n) is 2.37. The molecule has 0 amide bonds. The zero-order valence-corrected chi connectivity index (χ0v) is 14.9. The first-order valence-corrected chi connectivity index (χ1v) is 8.29. The second-order valence-electron chi connectivity index (χ2n) is 5.43. The minimum Gasteiger partial charge on any atom is -0.395 e. The molecule has 0 aliphatic heterocycles. The molecule has 1 N–H and O–H groups in total. The molecule has 1 heterocycles. The molecule has 0 radical (unpaired) electrons. The zero-order chi connectivity index (χ0) is 18.1. The van der Waals surface area contributed by atoms with Gasteiger partial charge in [-0.15, -0.1) is 0 Å². The number of anilines is 1. The summed E-state index contributed by atoms with van der Waals surface area (Å²) in [6.07, 6.45) is 11.7. The fraction of sp³-hybridized carbons (Fsp3) is 0.316. The summed E-state index contributed by atoms with van der Waals surface area (Å²) in [6, 6.07) is 3.93. The molecule has 0 saturated heterocycles. The molecule has 0 unspecified atom stereocenters. The first-order valence-electron chi connectivity index (χ1n) is 8.29. The van der Waals surface area contributed by atoms with Gasteiger partial charge < -0.3 is 10.0 Å². The fourth-order valence-corrected chi connectivity index (χ4v) is 2.37. The molecule has 0 fully saturated rings. The highest BCUT2D eigenvalue weighted by molar-refractivity contribution is 5.93. The van der Waals surface area contributed by atoms with Gasteiger partial charge in [0.1, 0.15) is 5.52 Å². The number of likely N-dealkylation sites (N-methyl/N-ethyl adjacent to an activating group) is 1. The SMILES string of the molecule is C\C=C/C(/C=C/c1ccc(N(C)CCO)c2nonc12)=C\C=N\CC. The standard InChI is InChI=1S/C19H24N4O2/c1-4-6-15(11-12-20-5-2)7-8-16-9-10-17(23(3)13-14-24)19-18(16)21-25-22-19/h4,6-12,24H,5,13-14H2,1-3H3/b6-4-,8-7+,15-11+,20-12+. The molecule has 6 heteroatoms. The topological polar surface area (TPSA) is 74.8 Å². The van der Waals surface area contributed by atoms with Gasteiger partial charge in [0.2, 0.25) is 0 Å². The summed E-state index contributed by atoms with van der Waals surface area (Å²) in [4.78, 5) is 6.13. The van der Waals surface area contributed by atoms with Gasteiger partial charge in [-0.2, -0.15) is 0 Å². The predicted octanol–water partition coefficient (Wildman–Crippen LogP) is 3.26. The lowest BCUT2D eigenvalue weighted by atomic mass is 10.1. The molecule has 0 bridgehead atoms. The van der Waals surface area contributed by atoms with Crippen LogP contribution in [0.5, 0.6) is 0 Å². The van der Waals surface area contributed by atoms with E-state index in [1.807, 2.05) is 68.3 Å². The van der Waals surface area contributed by atoms with E-state index in [4.69, 9.17) is 9.74 Å². The van der Waals surface area contributed by atoms with Crippen LogP contribution in [0.15, 0.2) is 51.6 Å². The summed E-state index contributed by atoms with van der Waals surface area (Å²) in [5, 5.41) is 17.2. The molecule has 6 nitrogen and oxygen atoms in total. The Kier molecular flexibility index (Phi) is 7.10. The molecule has 0 saturated carbocycles. The van der Waals surface area contributed by atoms with Crippen LogP contribution < -0.4 is 4.90 Å². The average Bonchev–Trinajstić information content (AvgIpc) is 3.09. The number of benzene rings is 1. The third-order valence-corrected chi connectivity index (χ3v) is 3.64. The van der Waals surface area contributed by atoms with Crippen molar-refractivity contribution >= 4 is 29.0 Å². The summed E-state index contributed by atoms with van der Waals surface area (Å²) in [7, 11) is 1.90. The van der Waals surface area contributed by atoms with Gasteiger partial charge in [-0.25, -0.2) is 4.63 Å². The van der Waals surface area contributed by atoms with Gasteiger partial charge in [0.15, 0.2) is 5.52 Å². The van der Waals surface area contributed by atoms with Gasteiger partial charge >= 0.3 is 0 Å². The highest BCUT2D eigenvalue weighted by atomic mass is 16.6. The van der Waals surface area contributed by atoms with Crippen LogP contribution in [0.3, 0.4) is 0 Å². The predicted molar refractivity (Wildman–Crippen MR) is 103 cm³/mol. The smallest absolute Gasteiger partial charge is 0.159 e. The lowest BCUT2D eigenvalue weighted by molar-refractivity contribution is 0.304. The Hall–Kier alpha value is -2.73. The molecule has 2 aromatic rings. The van der Waals surface area contributed by atoms with Gasteiger partial charge in [0, 0.05) is 31.9 Å². The number of fused-ring (bicyclic) bond motifs is 1. The normalized spacial score (nSPS) is 13.0. The summed E-state index contributed by atoms with van der Waals surface area (Å²) < 4.78 is 4.94. The maximum atomic E-state index is 9.12. The minimum atomic E-state index is 0.0712. The molecule has 0 atom stereocenters. The van der Waals surface area contributed by atoms with E-state index in [2.05, 4.69) is 15.3 Å². The molecular formula is C19H24N4O2. The van der Waals surface area contributed by atoms with Crippen LogP contribution >= 0.6 is 0 Å². The van der Waals surface area contributed by atoms with Crippen molar-refractivity contribution in [2.45, 2.75) is 13.8 Å². The largest absolute Gasteiger partial charge is 0.395 e. The Balaban J connectivity index is 2.35. The first kappa shape index (κ1) is 18.6. The van der Waals surface area contributed by atoms with Crippen molar-refractivity contribution in [2.75, 3.05) is 31.6 Å². The third kappa shape index (κ3) is 4.87. The molecule has 0 aliphatic rings. The van der Waals surface area contributed by atoms with Crippen molar-refractivity contribution in [1.82, 2.24) is 10.3 Å². The van der Waals surface area contributed by atoms with E-state index in [0.717, 1.165) is 23.4 Å². The van der Waals surface area contributed by atoms with E-state index >= 15 is 0 Å². The number of aliphatic hydroxyl groups excluding tert-OH is 1. The van der Waals surface area contributed by atoms with Crippen LogP contribution in [0, 0.1) is 0 Å². The highest BCUT2D eigenvalue weighted by Crippen LogP contribution is 2.27. The quantitative estimate of drug-likeness (QED) is 0.590. The monoisotopic (exact) mass is 340 g/mol. The first-order chi connectivity index (χ1) is 12.2. The molecule has 0 spiro atoms. The van der Waals surface area contributed by atoms with E-state index in [1.54, 1.807) is 6.21 Å². The van der Waals surface area contributed by atoms with E-state index in [1.165, 1.54) is 0 Å². The average molecular weight is 340 g/mol. The number of nitrogens with zero attached hydrogens (tertiary/aromatic N) is 4. The van der Waals surface area contributed by atoms with E-state index in [0.29, 0.717) is 17.6 Å². The van der Waals surface area contributed by atoms with E-state index in [-0.39, 0.29) is 6.61 Å². The molecule has 1 aromatic heterocycles. The van der Waals surface area contributed by atoms with E-state index < -0.39 is 0 Å². The lowest BCUT2D eigenvalue weighted by Crippen LogP contribution is -2.21. The summed E-state index contributed by atoms with van der Waals surface area (Å²) in [6.45, 7) is 5.32. The Morgan fingerprint density at radius 3 is 2.80 bits per heavy atom. The maximum Gasteiger partial charge on any atom is 0.159 e. The number of allylic oxidation sites excluding steroid dienone is 5. The Morgan fingerprint density at radius 2 is 2.08 bits per heavy atom. The molecule has 25 heavy (non-hydrogen) atoms. The number of aliphatic imine (C=N–C) groups is 1. The Bertz CT molecular complexity index is 803. The van der Waals surface area contributed by atoms with Gasteiger partial charge in [0.25, 0.3) is 0 Å². The van der Waals surface area contributed by atoms with Gasteiger partial charge in [-0.3, -0.25) is 4.99 Å². The molecular weight excluding hydrogens is 316 g/mol.